The maximum absolute atomic E-state index is 12.8. The summed E-state index contributed by atoms with van der Waals surface area (Å²) in [5.74, 6) is 1.06. The Hall–Kier alpha value is -3.09. The van der Waals surface area contributed by atoms with Crippen molar-refractivity contribution in [2.24, 2.45) is 4.99 Å². The topological polar surface area (TPSA) is 61.0 Å². The molecule has 2 heterocycles. The van der Waals surface area contributed by atoms with Crippen LogP contribution in [0.25, 0.3) is 22.3 Å². The van der Waals surface area contributed by atoms with E-state index in [-0.39, 0.29) is 5.97 Å². The molecule has 2 aromatic heterocycles. The van der Waals surface area contributed by atoms with Crippen molar-refractivity contribution >= 4 is 44.9 Å². The number of halogens is 1. The summed E-state index contributed by atoms with van der Waals surface area (Å²) < 4.78 is 17.1. The number of esters is 1. The Kier molecular flexibility index (Phi) is 6.44. The van der Waals surface area contributed by atoms with Crippen molar-refractivity contribution in [1.29, 1.82) is 0 Å². The maximum Gasteiger partial charge on any atom is 0.341 e. The first kappa shape index (κ1) is 22.7. The second-order valence-electron chi connectivity index (χ2n) is 8.09. The molecule has 174 valence electrons. The zero-order valence-corrected chi connectivity index (χ0v) is 20.6. The molecular formula is C27H24ClNO4S. The number of benzene rings is 2. The largest absolute Gasteiger partial charge is 0.494 e. The van der Waals surface area contributed by atoms with Crippen molar-refractivity contribution in [2.75, 3.05) is 13.7 Å². The van der Waals surface area contributed by atoms with Crippen LogP contribution in [-0.2, 0) is 17.6 Å². The van der Waals surface area contributed by atoms with Gasteiger partial charge in [-0.1, -0.05) is 11.6 Å². The minimum Gasteiger partial charge on any atom is -0.494 e. The zero-order valence-electron chi connectivity index (χ0n) is 19.0. The Morgan fingerprint density at radius 3 is 2.68 bits per heavy atom. The molecule has 5 nitrogen and oxygen atoms in total. The van der Waals surface area contributed by atoms with Crippen LogP contribution in [0.5, 0.6) is 5.75 Å². The highest BCUT2D eigenvalue weighted by molar-refractivity contribution is 7.16. The third-order valence-corrected chi connectivity index (χ3v) is 7.36. The quantitative estimate of drug-likeness (QED) is 0.278. The van der Waals surface area contributed by atoms with Gasteiger partial charge in [-0.3, -0.25) is 0 Å². The lowest BCUT2D eigenvalue weighted by atomic mass is 9.95. The standard InChI is InChI=1S/C27H24ClNO4S/c1-3-32-18-12-13-22-20(14-18)21(15-23(33-22)16-8-10-17(28)11-9-16)29-26-25(27(30)31-2)19-6-4-5-7-24(19)34-26/h8-15H,3-7H2,1-2H3. The Balaban J connectivity index is 1.77. The van der Waals surface area contributed by atoms with Gasteiger partial charge in [-0.2, -0.15) is 0 Å². The summed E-state index contributed by atoms with van der Waals surface area (Å²) in [6.45, 7) is 2.50. The molecule has 0 fully saturated rings. The number of ether oxygens (including phenoxy) is 2. The Morgan fingerprint density at radius 1 is 1.12 bits per heavy atom. The number of nitrogens with zero attached hydrogens (tertiary/aromatic N) is 1. The van der Waals surface area contributed by atoms with E-state index in [1.54, 1.807) is 11.3 Å². The maximum atomic E-state index is 12.8. The highest BCUT2D eigenvalue weighted by Gasteiger charge is 2.26. The summed E-state index contributed by atoms with van der Waals surface area (Å²) in [6.07, 6.45) is 4.04. The number of hydrogen-bond donors (Lipinski definition) is 0. The summed E-state index contributed by atoms with van der Waals surface area (Å²) in [4.78, 5) is 19.0. The number of carbonyl (C=O) groups is 1. The van der Waals surface area contributed by atoms with Crippen LogP contribution in [0.15, 0.2) is 57.9 Å². The number of fused-ring (bicyclic) bond motifs is 2. The van der Waals surface area contributed by atoms with E-state index in [0.29, 0.717) is 38.9 Å². The molecule has 5 rings (SSSR count). The van der Waals surface area contributed by atoms with Gasteiger partial charge < -0.3 is 13.9 Å². The van der Waals surface area contributed by atoms with Crippen molar-refractivity contribution in [3.05, 3.63) is 74.9 Å². The lowest BCUT2D eigenvalue weighted by Crippen LogP contribution is -2.08. The molecule has 0 unspecified atom stereocenters. The number of methoxy groups -OCH3 is 1. The molecule has 0 N–H and O–H groups in total. The molecule has 1 aliphatic rings. The molecule has 1 aliphatic carbocycles. The summed E-state index contributed by atoms with van der Waals surface area (Å²) in [5, 5.41) is 2.85. The van der Waals surface area contributed by atoms with Crippen molar-refractivity contribution in [3.8, 4) is 17.1 Å². The highest BCUT2D eigenvalue weighted by Crippen LogP contribution is 2.40. The smallest absolute Gasteiger partial charge is 0.341 e. The molecule has 0 aliphatic heterocycles. The summed E-state index contributed by atoms with van der Waals surface area (Å²) in [6, 6.07) is 15.1. The van der Waals surface area contributed by atoms with E-state index in [1.165, 1.54) is 12.0 Å². The first-order valence-corrected chi connectivity index (χ1v) is 12.5. The normalized spacial score (nSPS) is 13.7. The van der Waals surface area contributed by atoms with Crippen LogP contribution < -0.4 is 10.1 Å². The lowest BCUT2D eigenvalue weighted by Gasteiger charge is -2.11. The lowest BCUT2D eigenvalue weighted by molar-refractivity contribution is 0.0600. The van der Waals surface area contributed by atoms with E-state index in [2.05, 4.69) is 0 Å². The molecule has 4 aromatic rings. The predicted molar refractivity (Wildman–Crippen MR) is 135 cm³/mol. The first-order chi connectivity index (χ1) is 16.6. The Morgan fingerprint density at radius 2 is 1.91 bits per heavy atom. The predicted octanol–water partition coefficient (Wildman–Crippen LogP) is 7.11. The molecule has 0 bridgehead atoms. The fourth-order valence-electron chi connectivity index (χ4n) is 4.31. The van der Waals surface area contributed by atoms with Crippen LogP contribution in [0.1, 0.15) is 40.6 Å². The number of hydrogen-bond acceptors (Lipinski definition) is 6. The van der Waals surface area contributed by atoms with Crippen molar-refractivity contribution in [3.63, 3.8) is 0 Å². The van der Waals surface area contributed by atoms with Gasteiger partial charge in [0.25, 0.3) is 0 Å². The third kappa shape index (κ3) is 4.36. The van der Waals surface area contributed by atoms with Gasteiger partial charge in [-0.25, -0.2) is 9.79 Å². The van der Waals surface area contributed by atoms with Gasteiger partial charge in [-0.05, 0) is 80.6 Å². The fraction of sp³-hybridized carbons (Fsp3) is 0.259. The van der Waals surface area contributed by atoms with Gasteiger partial charge in [0.1, 0.15) is 22.1 Å². The van der Waals surface area contributed by atoms with Crippen LogP contribution >= 0.6 is 22.9 Å². The van der Waals surface area contributed by atoms with Gasteiger partial charge >= 0.3 is 5.97 Å². The number of aryl methyl sites for hydroxylation is 1. The van der Waals surface area contributed by atoms with Gasteiger partial charge in [0, 0.05) is 26.9 Å². The molecule has 7 heteroatoms. The Bertz CT molecular complexity index is 1440. The van der Waals surface area contributed by atoms with E-state index >= 15 is 0 Å². The molecule has 2 aromatic carbocycles. The van der Waals surface area contributed by atoms with E-state index in [4.69, 9.17) is 30.5 Å². The molecule has 0 saturated carbocycles. The molecular weight excluding hydrogens is 470 g/mol. The highest BCUT2D eigenvalue weighted by atomic mass is 35.5. The minimum absolute atomic E-state index is 0.337. The summed E-state index contributed by atoms with van der Waals surface area (Å²) >= 11 is 7.67. The molecule has 0 saturated heterocycles. The van der Waals surface area contributed by atoms with Gasteiger partial charge in [0.15, 0.2) is 0 Å². The monoisotopic (exact) mass is 493 g/mol. The van der Waals surface area contributed by atoms with Crippen molar-refractivity contribution in [2.45, 2.75) is 32.6 Å². The molecule has 0 spiro atoms. The second-order valence-corrected chi connectivity index (χ2v) is 9.61. The molecule has 0 atom stereocenters. The summed E-state index contributed by atoms with van der Waals surface area (Å²) in [5.41, 5.74) is 3.23. The van der Waals surface area contributed by atoms with Crippen LogP contribution in [0.4, 0.5) is 5.00 Å². The average Bonchev–Trinajstić information content (AvgIpc) is 3.22. The number of rotatable bonds is 5. The zero-order chi connectivity index (χ0) is 23.7. The van der Waals surface area contributed by atoms with Gasteiger partial charge in [-0.15, -0.1) is 11.3 Å². The van der Waals surface area contributed by atoms with Crippen LogP contribution in [0.2, 0.25) is 5.02 Å². The average molecular weight is 494 g/mol. The van der Waals surface area contributed by atoms with Crippen LogP contribution in [0, 0.1) is 0 Å². The second kappa shape index (κ2) is 9.65. The van der Waals surface area contributed by atoms with Crippen molar-refractivity contribution < 1.29 is 18.7 Å². The van der Waals surface area contributed by atoms with E-state index in [9.17, 15) is 4.79 Å². The van der Waals surface area contributed by atoms with Crippen LogP contribution in [0.3, 0.4) is 0 Å². The summed E-state index contributed by atoms with van der Waals surface area (Å²) in [7, 11) is 1.42. The minimum atomic E-state index is -0.337. The van der Waals surface area contributed by atoms with Gasteiger partial charge in [0.2, 0.25) is 0 Å². The first-order valence-electron chi connectivity index (χ1n) is 11.3. The SMILES string of the molecule is CCOc1ccc2oc(-c3ccc(Cl)cc3)cc(=Nc3sc4c(c3C(=O)OC)CCCC4)c2c1. The molecule has 0 radical (unpaired) electrons. The fourth-order valence-corrected chi connectivity index (χ4v) is 5.69. The molecule has 0 amide bonds. The molecule has 34 heavy (non-hydrogen) atoms. The van der Waals surface area contributed by atoms with Crippen molar-refractivity contribution in [1.82, 2.24) is 0 Å². The number of carbonyl (C=O) groups excluding carboxylic acids is 1. The van der Waals surface area contributed by atoms with Crippen LogP contribution in [-0.4, -0.2) is 19.7 Å². The van der Waals surface area contributed by atoms with E-state index in [0.717, 1.165) is 47.9 Å². The van der Waals surface area contributed by atoms with Gasteiger partial charge in [0.05, 0.1) is 24.6 Å². The number of thiophene rings is 1. The Labute approximate surface area is 206 Å². The van der Waals surface area contributed by atoms with E-state index in [1.807, 2.05) is 55.5 Å². The third-order valence-electron chi connectivity index (χ3n) is 5.92. The van der Waals surface area contributed by atoms with E-state index < -0.39 is 0 Å².